The predicted molar refractivity (Wildman–Crippen MR) is 131 cm³/mol. The third kappa shape index (κ3) is 5.86. The van der Waals surface area contributed by atoms with Crippen molar-refractivity contribution in [3.05, 3.63) is 70.3 Å². The molecule has 186 valence electrons. The van der Waals surface area contributed by atoms with Crippen LogP contribution in [0, 0.1) is 0 Å². The van der Waals surface area contributed by atoms with Gasteiger partial charge < -0.3 is 24.4 Å². The third-order valence-electron chi connectivity index (χ3n) is 6.33. The van der Waals surface area contributed by atoms with Crippen LogP contribution in [0.1, 0.15) is 37.4 Å². The van der Waals surface area contributed by atoms with Crippen LogP contribution in [0.15, 0.2) is 54.1 Å². The van der Waals surface area contributed by atoms with Crippen molar-refractivity contribution in [3.63, 3.8) is 0 Å². The van der Waals surface area contributed by atoms with E-state index in [1.54, 1.807) is 48.5 Å². The summed E-state index contributed by atoms with van der Waals surface area (Å²) in [6.45, 7) is 8.43. The van der Waals surface area contributed by atoms with Gasteiger partial charge >= 0.3 is 0 Å². The molecule has 0 aliphatic carbocycles. The molecule has 2 fully saturated rings. The Morgan fingerprint density at radius 2 is 1.77 bits per heavy atom. The molecule has 0 bridgehead atoms. The molecule has 2 saturated heterocycles. The number of amides is 1. The highest BCUT2D eigenvalue weighted by Gasteiger charge is 2.44. The van der Waals surface area contributed by atoms with E-state index in [1.165, 1.54) is 9.80 Å². The molecule has 8 heteroatoms. The standard InChI is InChI=1S/C27H31ClN2O5/c1-18(2)35-22-10-6-20(7-11-22)25(31)23-24(19-4-8-21(28)9-5-19)30(27(33)26(23)32)13-3-12-29-14-16-34-17-15-29/h4-11,18,24,31H,3,12-17H2,1-2H3. The van der Waals surface area contributed by atoms with E-state index >= 15 is 0 Å². The van der Waals surface area contributed by atoms with E-state index in [4.69, 9.17) is 21.1 Å². The average molecular weight is 499 g/mol. The number of nitrogens with one attached hydrogen (secondary N) is 1. The van der Waals surface area contributed by atoms with Crippen LogP contribution >= 0.6 is 11.6 Å². The number of ether oxygens (including phenoxy) is 2. The second-order valence-electron chi connectivity index (χ2n) is 9.18. The Balaban J connectivity index is 1.64. The van der Waals surface area contributed by atoms with Crippen LogP contribution in [-0.2, 0) is 14.3 Å². The van der Waals surface area contributed by atoms with Gasteiger partial charge in [0.2, 0.25) is 5.78 Å². The third-order valence-corrected chi connectivity index (χ3v) is 6.58. The fourth-order valence-corrected chi connectivity index (χ4v) is 4.74. The lowest BCUT2D eigenvalue weighted by molar-refractivity contribution is -0.908. The molecule has 0 aromatic heterocycles. The molecule has 35 heavy (non-hydrogen) atoms. The summed E-state index contributed by atoms with van der Waals surface area (Å²) in [6.07, 6.45) is 0.725. The van der Waals surface area contributed by atoms with E-state index in [0.717, 1.165) is 39.3 Å². The van der Waals surface area contributed by atoms with E-state index < -0.39 is 23.5 Å². The van der Waals surface area contributed by atoms with Gasteiger partial charge in [-0.3, -0.25) is 9.59 Å². The van der Waals surface area contributed by atoms with Gasteiger partial charge in [-0.25, -0.2) is 0 Å². The number of quaternary nitrogens is 1. The highest BCUT2D eigenvalue weighted by Crippen LogP contribution is 2.39. The number of morpholine rings is 1. The van der Waals surface area contributed by atoms with Crippen molar-refractivity contribution in [2.75, 3.05) is 39.4 Å². The van der Waals surface area contributed by atoms with Crippen LogP contribution in [0.2, 0.25) is 5.02 Å². The van der Waals surface area contributed by atoms with Gasteiger partial charge in [-0.1, -0.05) is 41.6 Å². The summed E-state index contributed by atoms with van der Waals surface area (Å²) < 4.78 is 11.1. The number of halogens is 1. The van der Waals surface area contributed by atoms with Gasteiger partial charge in [-0.15, -0.1) is 0 Å². The molecule has 7 nitrogen and oxygen atoms in total. The molecule has 2 aliphatic rings. The van der Waals surface area contributed by atoms with Gasteiger partial charge in [0, 0.05) is 23.6 Å². The second-order valence-corrected chi connectivity index (χ2v) is 9.62. The Bertz CT molecular complexity index is 1080. The monoisotopic (exact) mass is 498 g/mol. The van der Waals surface area contributed by atoms with Crippen molar-refractivity contribution in [3.8, 4) is 5.75 Å². The van der Waals surface area contributed by atoms with Crippen LogP contribution in [0.3, 0.4) is 0 Å². The number of ketones is 1. The first-order valence-corrected chi connectivity index (χ1v) is 12.4. The fraction of sp³-hybridized carbons (Fsp3) is 0.407. The van der Waals surface area contributed by atoms with Gasteiger partial charge in [0.05, 0.1) is 31.9 Å². The topological polar surface area (TPSA) is 83.3 Å². The second kappa shape index (κ2) is 11.2. The molecule has 0 spiro atoms. The molecule has 1 atom stereocenters. The van der Waals surface area contributed by atoms with Crippen molar-refractivity contribution in [1.82, 2.24) is 4.90 Å². The Morgan fingerprint density at radius 3 is 2.40 bits per heavy atom. The Kier molecular flexibility index (Phi) is 8.11. The minimum absolute atomic E-state index is 0.00194. The number of nitrogens with zero attached hydrogens (tertiary/aromatic N) is 1. The number of likely N-dealkylation sites (tertiary alicyclic amines) is 1. The number of hydrogen-bond donors (Lipinski definition) is 1. The lowest BCUT2D eigenvalue weighted by atomic mass is 9.95. The zero-order valence-corrected chi connectivity index (χ0v) is 20.8. The summed E-state index contributed by atoms with van der Waals surface area (Å²) in [7, 11) is 0. The minimum atomic E-state index is -0.744. The van der Waals surface area contributed by atoms with Gasteiger partial charge in [0.15, 0.2) is 0 Å². The van der Waals surface area contributed by atoms with Crippen molar-refractivity contribution in [1.29, 1.82) is 0 Å². The van der Waals surface area contributed by atoms with Crippen LogP contribution in [-0.4, -0.2) is 62.1 Å². The first-order valence-electron chi connectivity index (χ1n) is 12.1. The number of benzene rings is 2. The average Bonchev–Trinajstić information content (AvgIpc) is 3.10. The number of rotatable bonds is 8. The van der Waals surface area contributed by atoms with Gasteiger partial charge in [0.1, 0.15) is 18.8 Å². The molecule has 1 unspecified atom stereocenters. The van der Waals surface area contributed by atoms with E-state index in [0.29, 0.717) is 28.4 Å². The predicted octanol–water partition coefficient (Wildman–Crippen LogP) is 1.66. The normalized spacial score (nSPS) is 20.6. The summed E-state index contributed by atoms with van der Waals surface area (Å²) in [6, 6.07) is 12.9. The molecule has 0 saturated carbocycles. The summed E-state index contributed by atoms with van der Waals surface area (Å²) in [5, 5.41) is 14.1. The van der Waals surface area contributed by atoms with Crippen LogP contribution < -0.4 is 14.7 Å². The molecule has 4 rings (SSSR count). The van der Waals surface area contributed by atoms with E-state index in [2.05, 4.69) is 0 Å². The van der Waals surface area contributed by atoms with E-state index in [1.807, 2.05) is 13.8 Å². The molecule has 2 aromatic rings. The highest BCUT2D eigenvalue weighted by atomic mass is 35.5. The van der Waals surface area contributed by atoms with E-state index in [9.17, 15) is 14.7 Å². The highest BCUT2D eigenvalue weighted by molar-refractivity contribution is 6.46. The zero-order valence-electron chi connectivity index (χ0n) is 20.1. The minimum Gasteiger partial charge on any atom is -0.872 e. The summed E-state index contributed by atoms with van der Waals surface area (Å²) in [5.41, 5.74) is 1.01. The first-order chi connectivity index (χ1) is 16.8. The van der Waals surface area contributed by atoms with Crippen molar-refractivity contribution in [2.45, 2.75) is 32.4 Å². The number of carbonyl (C=O) groups is 2. The smallest absolute Gasteiger partial charge is 0.295 e. The maximum Gasteiger partial charge on any atom is 0.295 e. The maximum absolute atomic E-state index is 13.5. The summed E-state index contributed by atoms with van der Waals surface area (Å²) >= 11 is 6.08. The SMILES string of the molecule is CC(C)Oc1ccc(C([O-])=C2C(=O)C(=O)N(CCC[NH+]3CCOCC3)C2c2ccc(Cl)cc2)cc1. The van der Waals surface area contributed by atoms with Gasteiger partial charge in [0.25, 0.3) is 5.91 Å². The first kappa shape index (κ1) is 25.2. The number of Topliss-reactive ketones (excluding diaryl/α,β-unsaturated/α-hetero) is 1. The fourth-order valence-electron chi connectivity index (χ4n) is 4.61. The molecule has 2 heterocycles. The maximum atomic E-state index is 13.5. The number of hydrogen-bond acceptors (Lipinski definition) is 5. The molecule has 1 amide bonds. The summed E-state index contributed by atoms with van der Waals surface area (Å²) in [4.78, 5) is 29.2. The largest absolute Gasteiger partial charge is 0.872 e. The Hall–Kier alpha value is -2.87. The lowest BCUT2D eigenvalue weighted by Gasteiger charge is -2.29. The lowest BCUT2D eigenvalue weighted by Crippen LogP contribution is -3.14. The molecule has 2 aromatic carbocycles. The van der Waals surface area contributed by atoms with Crippen LogP contribution in [0.5, 0.6) is 5.75 Å². The molecule has 0 radical (unpaired) electrons. The molecular weight excluding hydrogens is 468 g/mol. The van der Waals surface area contributed by atoms with Crippen LogP contribution in [0.4, 0.5) is 0 Å². The van der Waals surface area contributed by atoms with Gasteiger partial charge in [-0.2, -0.15) is 0 Å². The Labute approximate surface area is 210 Å². The van der Waals surface area contributed by atoms with Crippen molar-refractivity contribution >= 4 is 29.1 Å². The van der Waals surface area contributed by atoms with Crippen molar-refractivity contribution < 1.29 is 29.1 Å². The molecule has 1 N–H and O–H groups in total. The zero-order chi connectivity index (χ0) is 24.9. The summed E-state index contributed by atoms with van der Waals surface area (Å²) in [5.74, 6) is -1.18. The Morgan fingerprint density at radius 1 is 1.11 bits per heavy atom. The van der Waals surface area contributed by atoms with Crippen LogP contribution in [0.25, 0.3) is 5.76 Å². The van der Waals surface area contributed by atoms with E-state index in [-0.39, 0.29) is 11.7 Å². The quantitative estimate of drug-likeness (QED) is 0.340. The number of carbonyl (C=O) groups excluding carboxylic acids is 2. The van der Waals surface area contributed by atoms with Gasteiger partial charge in [-0.05, 0) is 49.2 Å². The molecule has 2 aliphatic heterocycles. The van der Waals surface area contributed by atoms with Crippen molar-refractivity contribution in [2.24, 2.45) is 0 Å². The molecular formula is C27H31ClN2O5.